The third-order valence-electron chi connectivity index (χ3n) is 2.17. The van der Waals surface area contributed by atoms with E-state index in [2.05, 4.69) is 10.5 Å². The van der Waals surface area contributed by atoms with Crippen molar-refractivity contribution in [3.05, 3.63) is 11.3 Å². The van der Waals surface area contributed by atoms with Crippen LogP contribution in [0.3, 0.4) is 0 Å². The van der Waals surface area contributed by atoms with Gasteiger partial charge in [0, 0.05) is 5.56 Å². The van der Waals surface area contributed by atoms with Gasteiger partial charge in [-0.2, -0.15) is 0 Å². The van der Waals surface area contributed by atoms with Crippen molar-refractivity contribution >= 4 is 11.8 Å². The van der Waals surface area contributed by atoms with Crippen molar-refractivity contribution in [1.82, 2.24) is 5.16 Å². The second kappa shape index (κ2) is 4.23. The molecule has 0 aromatic carbocycles. The Kier molecular flexibility index (Phi) is 3.24. The van der Waals surface area contributed by atoms with Gasteiger partial charge < -0.3 is 10.3 Å². The Morgan fingerprint density at radius 1 is 1.64 bits per heavy atom. The van der Waals surface area contributed by atoms with E-state index < -0.39 is 6.04 Å². The van der Waals surface area contributed by atoms with Crippen molar-refractivity contribution in [2.45, 2.75) is 33.2 Å². The molecule has 1 atom stereocenters. The van der Waals surface area contributed by atoms with Gasteiger partial charge in [-0.3, -0.25) is 10.1 Å². The first-order valence-corrected chi connectivity index (χ1v) is 4.55. The number of carbonyl (C=O) groups is 1. The third kappa shape index (κ3) is 2.11. The Hall–Kier alpha value is -1.36. The molecule has 1 amide bonds. The van der Waals surface area contributed by atoms with Crippen LogP contribution in [0.2, 0.25) is 0 Å². The topological polar surface area (TPSA) is 81.2 Å². The molecule has 0 aliphatic rings. The summed E-state index contributed by atoms with van der Waals surface area (Å²) in [4.78, 5) is 11.4. The average Bonchev–Trinajstić information content (AvgIpc) is 2.48. The smallest absolute Gasteiger partial charge is 0.243 e. The van der Waals surface area contributed by atoms with E-state index in [0.29, 0.717) is 12.3 Å². The van der Waals surface area contributed by atoms with E-state index in [1.165, 1.54) is 0 Å². The normalized spacial score (nSPS) is 12.6. The molecule has 78 valence electrons. The minimum atomic E-state index is -0.500. The Balaban J connectivity index is 2.70. The van der Waals surface area contributed by atoms with Crippen molar-refractivity contribution in [3.63, 3.8) is 0 Å². The third-order valence-corrected chi connectivity index (χ3v) is 2.17. The SMILES string of the molecule is CCC(N)C(=O)Nc1onc(C)c1C. The summed E-state index contributed by atoms with van der Waals surface area (Å²) in [5.41, 5.74) is 7.15. The van der Waals surface area contributed by atoms with Crippen LogP contribution in [0.25, 0.3) is 0 Å². The minimum Gasteiger partial charge on any atom is -0.338 e. The standard InChI is InChI=1S/C9H15N3O2/c1-4-7(10)8(13)11-9-5(2)6(3)12-14-9/h7H,4,10H2,1-3H3,(H,11,13). The summed E-state index contributed by atoms with van der Waals surface area (Å²) in [7, 11) is 0. The summed E-state index contributed by atoms with van der Waals surface area (Å²) in [6, 6.07) is -0.500. The summed E-state index contributed by atoms with van der Waals surface area (Å²) in [6.07, 6.45) is 0.595. The zero-order valence-corrected chi connectivity index (χ0v) is 8.63. The second-order valence-electron chi connectivity index (χ2n) is 3.23. The quantitative estimate of drug-likeness (QED) is 0.756. The van der Waals surface area contributed by atoms with Crippen LogP contribution in [0, 0.1) is 13.8 Å². The van der Waals surface area contributed by atoms with Gasteiger partial charge in [-0.15, -0.1) is 0 Å². The molecule has 0 aliphatic carbocycles. The molecular formula is C9H15N3O2. The van der Waals surface area contributed by atoms with E-state index in [4.69, 9.17) is 10.3 Å². The van der Waals surface area contributed by atoms with E-state index >= 15 is 0 Å². The number of amides is 1. The number of nitrogens with two attached hydrogens (primary N) is 1. The first-order chi connectivity index (χ1) is 6.56. The Bertz CT molecular complexity index is 333. The van der Waals surface area contributed by atoms with Gasteiger partial charge in [-0.05, 0) is 20.3 Å². The fourth-order valence-corrected chi connectivity index (χ4v) is 0.922. The lowest BCUT2D eigenvalue weighted by atomic mass is 10.2. The molecule has 1 heterocycles. The number of anilines is 1. The molecule has 1 aromatic rings. The minimum absolute atomic E-state index is 0.244. The number of aromatic nitrogens is 1. The van der Waals surface area contributed by atoms with Crippen molar-refractivity contribution in [2.75, 3.05) is 5.32 Å². The van der Waals surface area contributed by atoms with Crippen LogP contribution < -0.4 is 11.1 Å². The largest absolute Gasteiger partial charge is 0.338 e. The monoisotopic (exact) mass is 197 g/mol. The first-order valence-electron chi connectivity index (χ1n) is 4.55. The van der Waals surface area contributed by atoms with Crippen LogP contribution in [0.5, 0.6) is 0 Å². The summed E-state index contributed by atoms with van der Waals surface area (Å²) in [6.45, 7) is 5.50. The average molecular weight is 197 g/mol. The van der Waals surface area contributed by atoms with Crippen molar-refractivity contribution < 1.29 is 9.32 Å². The van der Waals surface area contributed by atoms with Crippen LogP contribution in [0.1, 0.15) is 24.6 Å². The number of aryl methyl sites for hydroxylation is 1. The molecule has 0 saturated heterocycles. The van der Waals surface area contributed by atoms with Crippen LogP contribution in [-0.4, -0.2) is 17.1 Å². The van der Waals surface area contributed by atoms with E-state index in [1.54, 1.807) is 0 Å². The van der Waals surface area contributed by atoms with Crippen LogP contribution in [0.15, 0.2) is 4.52 Å². The molecule has 0 bridgehead atoms. The molecule has 14 heavy (non-hydrogen) atoms. The molecule has 5 heteroatoms. The number of hydrogen-bond donors (Lipinski definition) is 2. The van der Waals surface area contributed by atoms with E-state index in [1.807, 2.05) is 20.8 Å². The predicted octanol–water partition coefficient (Wildman–Crippen LogP) is 0.967. The molecule has 1 rings (SSSR count). The molecule has 1 unspecified atom stereocenters. The van der Waals surface area contributed by atoms with Gasteiger partial charge in [-0.1, -0.05) is 12.1 Å². The Morgan fingerprint density at radius 2 is 2.29 bits per heavy atom. The number of nitrogens with one attached hydrogen (secondary N) is 1. The maximum atomic E-state index is 11.4. The lowest BCUT2D eigenvalue weighted by molar-refractivity contribution is -0.117. The number of rotatable bonds is 3. The molecule has 0 radical (unpaired) electrons. The Morgan fingerprint density at radius 3 is 2.71 bits per heavy atom. The highest BCUT2D eigenvalue weighted by molar-refractivity contribution is 5.94. The molecule has 0 spiro atoms. The van der Waals surface area contributed by atoms with E-state index in [-0.39, 0.29) is 5.91 Å². The lowest BCUT2D eigenvalue weighted by Crippen LogP contribution is -2.34. The molecule has 0 fully saturated rings. The van der Waals surface area contributed by atoms with Gasteiger partial charge in [0.2, 0.25) is 11.8 Å². The van der Waals surface area contributed by atoms with Crippen molar-refractivity contribution in [1.29, 1.82) is 0 Å². The van der Waals surface area contributed by atoms with Gasteiger partial charge >= 0.3 is 0 Å². The van der Waals surface area contributed by atoms with Gasteiger partial charge in [0.1, 0.15) is 0 Å². The highest BCUT2D eigenvalue weighted by Crippen LogP contribution is 2.17. The molecule has 1 aromatic heterocycles. The summed E-state index contributed by atoms with van der Waals surface area (Å²) >= 11 is 0. The maximum Gasteiger partial charge on any atom is 0.243 e. The Labute approximate surface area is 82.6 Å². The van der Waals surface area contributed by atoms with Gasteiger partial charge in [0.25, 0.3) is 0 Å². The van der Waals surface area contributed by atoms with Crippen LogP contribution in [-0.2, 0) is 4.79 Å². The molecule has 0 saturated carbocycles. The van der Waals surface area contributed by atoms with Gasteiger partial charge in [-0.25, -0.2) is 0 Å². The molecule has 5 nitrogen and oxygen atoms in total. The van der Waals surface area contributed by atoms with E-state index in [0.717, 1.165) is 11.3 Å². The summed E-state index contributed by atoms with van der Waals surface area (Å²) in [5, 5.41) is 6.31. The van der Waals surface area contributed by atoms with Gasteiger partial charge in [0.15, 0.2) is 0 Å². The van der Waals surface area contributed by atoms with E-state index in [9.17, 15) is 4.79 Å². The number of carbonyl (C=O) groups excluding carboxylic acids is 1. The van der Waals surface area contributed by atoms with Crippen molar-refractivity contribution in [3.8, 4) is 0 Å². The zero-order chi connectivity index (χ0) is 10.7. The zero-order valence-electron chi connectivity index (χ0n) is 8.63. The molecule has 0 aliphatic heterocycles. The number of hydrogen-bond acceptors (Lipinski definition) is 4. The van der Waals surface area contributed by atoms with Crippen LogP contribution >= 0.6 is 0 Å². The second-order valence-corrected chi connectivity index (χ2v) is 3.23. The maximum absolute atomic E-state index is 11.4. The van der Waals surface area contributed by atoms with Crippen molar-refractivity contribution in [2.24, 2.45) is 5.73 Å². The highest BCUT2D eigenvalue weighted by Gasteiger charge is 2.15. The van der Waals surface area contributed by atoms with Gasteiger partial charge in [0.05, 0.1) is 11.7 Å². The summed E-state index contributed by atoms with van der Waals surface area (Å²) in [5.74, 6) is 0.142. The predicted molar refractivity (Wildman–Crippen MR) is 52.9 cm³/mol. The first kappa shape index (κ1) is 10.7. The lowest BCUT2D eigenvalue weighted by Gasteiger charge is -2.07. The molecular weight excluding hydrogens is 182 g/mol. The van der Waals surface area contributed by atoms with Crippen LogP contribution in [0.4, 0.5) is 5.88 Å². The fraction of sp³-hybridized carbons (Fsp3) is 0.556. The molecule has 3 N–H and O–H groups in total. The summed E-state index contributed by atoms with van der Waals surface area (Å²) < 4.78 is 4.92. The number of nitrogens with zero attached hydrogens (tertiary/aromatic N) is 1. The highest BCUT2D eigenvalue weighted by atomic mass is 16.5. The fourth-order valence-electron chi connectivity index (χ4n) is 0.922.